The van der Waals surface area contributed by atoms with Crippen LogP contribution >= 0.6 is 11.3 Å². The van der Waals surface area contributed by atoms with Crippen molar-refractivity contribution in [2.24, 2.45) is 0 Å². The van der Waals surface area contributed by atoms with Gasteiger partial charge in [0.25, 0.3) is 0 Å². The van der Waals surface area contributed by atoms with Gasteiger partial charge in [-0.2, -0.15) is 0 Å². The van der Waals surface area contributed by atoms with Crippen molar-refractivity contribution < 1.29 is 4.39 Å². The SMILES string of the molecule is Fc1cccc2c1CCC2NCc1cccs1. The number of rotatable bonds is 3. The smallest absolute Gasteiger partial charge is 0.126 e. The van der Waals surface area contributed by atoms with Gasteiger partial charge in [0.1, 0.15) is 5.82 Å². The molecule has 1 aliphatic rings. The van der Waals surface area contributed by atoms with Crippen LogP contribution < -0.4 is 5.32 Å². The van der Waals surface area contributed by atoms with E-state index in [0.29, 0.717) is 6.04 Å². The molecule has 1 aliphatic carbocycles. The van der Waals surface area contributed by atoms with Gasteiger partial charge in [-0.3, -0.25) is 0 Å². The molecule has 1 aromatic heterocycles. The Hall–Kier alpha value is -1.19. The molecule has 0 amide bonds. The number of thiophene rings is 1. The van der Waals surface area contributed by atoms with Crippen LogP contribution in [0, 0.1) is 5.82 Å². The van der Waals surface area contributed by atoms with Crippen LogP contribution in [0.1, 0.15) is 28.5 Å². The molecule has 2 aromatic rings. The van der Waals surface area contributed by atoms with Crippen molar-refractivity contribution in [3.05, 3.63) is 57.5 Å². The van der Waals surface area contributed by atoms with Crippen LogP contribution in [-0.2, 0) is 13.0 Å². The first-order valence-corrected chi connectivity index (χ1v) is 6.75. The van der Waals surface area contributed by atoms with E-state index in [2.05, 4.69) is 22.8 Å². The fourth-order valence-corrected chi connectivity index (χ4v) is 3.11. The fraction of sp³-hybridized carbons (Fsp3) is 0.286. The van der Waals surface area contributed by atoms with E-state index in [1.54, 1.807) is 23.5 Å². The van der Waals surface area contributed by atoms with Crippen molar-refractivity contribution in [3.8, 4) is 0 Å². The Labute approximate surface area is 104 Å². The van der Waals surface area contributed by atoms with E-state index in [1.807, 2.05) is 6.07 Å². The van der Waals surface area contributed by atoms with Crippen molar-refractivity contribution in [3.63, 3.8) is 0 Å². The van der Waals surface area contributed by atoms with Gasteiger partial charge in [-0.1, -0.05) is 18.2 Å². The van der Waals surface area contributed by atoms with Crippen LogP contribution in [0.4, 0.5) is 4.39 Å². The molecule has 88 valence electrons. The first-order chi connectivity index (χ1) is 8.34. The average Bonchev–Trinajstić information content (AvgIpc) is 2.95. The average molecular weight is 247 g/mol. The highest BCUT2D eigenvalue weighted by molar-refractivity contribution is 7.09. The summed E-state index contributed by atoms with van der Waals surface area (Å²) in [6, 6.07) is 9.89. The van der Waals surface area contributed by atoms with E-state index < -0.39 is 0 Å². The van der Waals surface area contributed by atoms with E-state index in [-0.39, 0.29) is 5.82 Å². The standard InChI is InChI=1S/C14H14FNS/c15-13-5-1-4-12-11(13)6-7-14(12)16-9-10-3-2-8-17-10/h1-5,8,14,16H,6-7,9H2. The molecule has 3 heteroatoms. The minimum absolute atomic E-state index is 0.0528. The summed E-state index contributed by atoms with van der Waals surface area (Å²) in [7, 11) is 0. The van der Waals surface area contributed by atoms with Crippen LogP contribution in [0.5, 0.6) is 0 Å². The van der Waals surface area contributed by atoms with E-state index in [4.69, 9.17) is 0 Å². The van der Waals surface area contributed by atoms with Crippen LogP contribution in [0.3, 0.4) is 0 Å². The summed E-state index contributed by atoms with van der Waals surface area (Å²) in [5.74, 6) is -0.0528. The topological polar surface area (TPSA) is 12.0 Å². The Morgan fingerprint density at radius 2 is 2.24 bits per heavy atom. The van der Waals surface area contributed by atoms with Gasteiger partial charge in [-0.15, -0.1) is 11.3 Å². The Balaban J connectivity index is 1.73. The molecule has 0 spiro atoms. The lowest BCUT2D eigenvalue weighted by molar-refractivity contribution is 0.533. The molecule has 0 fully saturated rings. The number of fused-ring (bicyclic) bond motifs is 1. The minimum atomic E-state index is -0.0528. The first kappa shape index (κ1) is 10.9. The molecule has 0 aliphatic heterocycles. The van der Waals surface area contributed by atoms with Gasteiger partial charge in [0.15, 0.2) is 0 Å². The summed E-state index contributed by atoms with van der Waals surface area (Å²) in [5.41, 5.74) is 2.04. The number of hydrogen-bond acceptors (Lipinski definition) is 2. The van der Waals surface area contributed by atoms with Gasteiger partial charge in [-0.25, -0.2) is 4.39 Å². The second kappa shape index (κ2) is 4.59. The zero-order valence-corrected chi connectivity index (χ0v) is 10.3. The van der Waals surface area contributed by atoms with Crippen LogP contribution in [-0.4, -0.2) is 0 Å². The molecule has 1 nitrogen and oxygen atoms in total. The summed E-state index contributed by atoms with van der Waals surface area (Å²) in [5, 5.41) is 5.59. The third kappa shape index (κ3) is 2.13. The quantitative estimate of drug-likeness (QED) is 0.872. The summed E-state index contributed by atoms with van der Waals surface area (Å²) >= 11 is 1.75. The molecule has 1 heterocycles. The molecule has 0 bridgehead atoms. The molecule has 0 saturated carbocycles. The predicted molar refractivity (Wildman–Crippen MR) is 68.6 cm³/mol. The minimum Gasteiger partial charge on any atom is -0.305 e. The normalized spacial score (nSPS) is 18.3. The summed E-state index contributed by atoms with van der Waals surface area (Å²) in [6.45, 7) is 0.873. The first-order valence-electron chi connectivity index (χ1n) is 5.87. The van der Waals surface area contributed by atoms with Gasteiger partial charge in [0, 0.05) is 17.5 Å². The molecular weight excluding hydrogens is 233 g/mol. The number of hydrogen-bond donors (Lipinski definition) is 1. The van der Waals surface area contributed by atoms with Gasteiger partial charge in [-0.05, 0) is 41.5 Å². The predicted octanol–water partition coefficient (Wildman–Crippen LogP) is 3.66. The highest BCUT2D eigenvalue weighted by atomic mass is 32.1. The van der Waals surface area contributed by atoms with Gasteiger partial charge < -0.3 is 5.32 Å². The third-order valence-corrected chi connectivity index (χ3v) is 4.19. The maximum Gasteiger partial charge on any atom is 0.126 e. The van der Waals surface area contributed by atoms with E-state index in [1.165, 1.54) is 4.88 Å². The van der Waals surface area contributed by atoms with Gasteiger partial charge >= 0.3 is 0 Å². The Bertz CT molecular complexity index is 507. The lowest BCUT2D eigenvalue weighted by Gasteiger charge is -2.13. The Kier molecular flexibility index (Phi) is 2.95. The molecule has 1 atom stereocenters. The molecule has 3 rings (SSSR count). The Morgan fingerprint density at radius 3 is 3.06 bits per heavy atom. The maximum atomic E-state index is 13.6. The Morgan fingerprint density at radius 1 is 1.29 bits per heavy atom. The van der Waals surface area contributed by atoms with Crippen molar-refractivity contribution in [2.75, 3.05) is 0 Å². The lowest BCUT2D eigenvalue weighted by atomic mass is 10.1. The largest absolute Gasteiger partial charge is 0.305 e. The highest BCUT2D eigenvalue weighted by Crippen LogP contribution is 2.32. The van der Waals surface area contributed by atoms with E-state index in [0.717, 1.165) is 30.5 Å². The lowest BCUT2D eigenvalue weighted by Crippen LogP contribution is -2.18. The zero-order chi connectivity index (χ0) is 11.7. The number of benzene rings is 1. The summed E-state index contributed by atoms with van der Waals surface area (Å²) < 4.78 is 13.6. The maximum absolute atomic E-state index is 13.6. The van der Waals surface area contributed by atoms with Crippen molar-refractivity contribution in [2.45, 2.75) is 25.4 Å². The van der Waals surface area contributed by atoms with Crippen molar-refractivity contribution in [1.82, 2.24) is 5.32 Å². The third-order valence-electron chi connectivity index (χ3n) is 3.32. The number of nitrogens with one attached hydrogen (secondary N) is 1. The monoisotopic (exact) mass is 247 g/mol. The molecular formula is C14H14FNS. The van der Waals surface area contributed by atoms with Crippen LogP contribution in [0.2, 0.25) is 0 Å². The molecule has 1 aromatic carbocycles. The molecule has 0 saturated heterocycles. The fourth-order valence-electron chi connectivity index (χ4n) is 2.46. The second-order valence-electron chi connectivity index (χ2n) is 4.36. The van der Waals surface area contributed by atoms with Gasteiger partial charge in [0.05, 0.1) is 0 Å². The zero-order valence-electron chi connectivity index (χ0n) is 9.45. The summed E-state index contributed by atoms with van der Waals surface area (Å²) in [4.78, 5) is 1.33. The number of halogens is 1. The van der Waals surface area contributed by atoms with Crippen molar-refractivity contribution in [1.29, 1.82) is 0 Å². The van der Waals surface area contributed by atoms with Crippen LogP contribution in [0.15, 0.2) is 35.7 Å². The molecule has 17 heavy (non-hydrogen) atoms. The van der Waals surface area contributed by atoms with Crippen LogP contribution in [0.25, 0.3) is 0 Å². The highest BCUT2D eigenvalue weighted by Gasteiger charge is 2.24. The van der Waals surface area contributed by atoms with Crippen molar-refractivity contribution >= 4 is 11.3 Å². The molecule has 0 radical (unpaired) electrons. The second-order valence-corrected chi connectivity index (χ2v) is 5.39. The molecule has 1 unspecified atom stereocenters. The molecule has 1 N–H and O–H groups in total. The van der Waals surface area contributed by atoms with Gasteiger partial charge in [0.2, 0.25) is 0 Å². The van der Waals surface area contributed by atoms with E-state index >= 15 is 0 Å². The van der Waals surface area contributed by atoms with E-state index in [9.17, 15) is 4.39 Å². The summed E-state index contributed by atoms with van der Waals surface area (Å²) in [6.07, 6.45) is 1.85.